The second-order valence-corrected chi connectivity index (χ2v) is 17.0. The standard InChI is InChI=1S/C47H79O13P/c1-3-5-7-9-11-13-15-17-19-20-22-24-26-28-30-32-34-36-41(49)59-39(38-58-61(55,56)60-47-45(53)43(51)42(50)44(52)46(47)54)37-57-40(48)35-33-31-29-27-25-23-21-18-16-14-12-10-8-6-4-2/h6,8,10-14,16-19,21,39,42-47,50-54H,3-5,7,9,15,20,22-38H2,1-2H3,(H,55,56)/b8-6+,12-10+,13-11+,16-14+,19-17+,21-18+/t39-,42?,43+,44?,45?,46?,47?/m1/s1. The van der Waals surface area contributed by atoms with Crippen LogP contribution in [0.2, 0.25) is 0 Å². The Hall–Kier alpha value is -2.71. The smallest absolute Gasteiger partial charge is 0.462 e. The summed E-state index contributed by atoms with van der Waals surface area (Å²) in [5.74, 6) is -1.14. The number of allylic oxidation sites excluding steroid dienone is 12. The number of hydrogen-bond acceptors (Lipinski definition) is 12. The third-order valence-corrected chi connectivity index (χ3v) is 11.1. The van der Waals surface area contributed by atoms with Gasteiger partial charge in [-0.2, -0.15) is 0 Å². The molecule has 0 saturated heterocycles. The minimum absolute atomic E-state index is 0.0783. The average molecular weight is 883 g/mol. The first-order chi connectivity index (χ1) is 29.4. The molecule has 6 unspecified atom stereocenters. The van der Waals surface area contributed by atoms with E-state index in [4.69, 9.17) is 18.5 Å². The zero-order valence-corrected chi connectivity index (χ0v) is 37.8. The van der Waals surface area contributed by atoms with E-state index in [1.807, 2.05) is 36.5 Å². The summed E-state index contributed by atoms with van der Waals surface area (Å²) >= 11 is 0. The topological polar surface area (TPSA) is 210 Å². The molecule has 0 bridgehead atoms. The number of hydrogen-bond donors (Lipinski definition) is 6. The van der Waals surface area contributed by atoms with Gasteiger partial charge in [0.15, 0.2) is 6.10 Å². The number of unbranched alkanes of at least 4 members (excludes halogenated alkanes) is 15. The first-order valence-corrected chi connectivity index (χ1v) is 24.3. The van der Waals surface area contributed by atoms with Gasteiger partial charge in [0, 0.05) is 12.8 Å². The Morgan fingerprint density at radius 3 is 1.56 bits per heavy atom. The highest BCUT2D eigenvalue weighted by molar-refractivity contribution is 7.47. The third-order valence-electron chi connectivity index (χ3n) is 10.1. The fourth-order valence-corrected chi connectivity index (χ4v) is 7.42. The van der Waals surface area contributed by atoms with Gasteiger partial charge in [-0.1, -0.05) is 151 Å². The molecule has 350 valence electrons. The molecule has 0 aromatic rings. The molecule has 1 aliphatic carbocycles. The molecule has 6 N–H and O–H groups in total. The normalized spacial score (nSPS) is 22.7. The van der Waals surface area contributed by atoms with Crippen molar-refractivity contribution in [1.82, 2.24) is 0 Å². The molecule has 1 rings (SSSR count). The zero-order valence-electron chi connectivity index (χ0n) is 36.9. The van der Waals surface area contributed by atoms with Gasteiger partial charge in [-0.25, -0.2) is 4.57 Å². The number of carbonyl (C=O) groups excluding carboxylic acids is 2. The number of aliphatic hydroxyl groups excluding tert-OH is 5. The van der Waals surface area contributed by atoms with Gasteiger partial charge in [-0.05, 0) is 64.2 Å². The number of ether oxygens (including phenoxy) is 2. The van der Waals surface area contributed by atoms with E-state index >= 15 is 0 Å². The molecule has 1 saturated carbocycles. The van der Waals surface area contributed by atoms with E-state index in [2.05, 4.69) is 50.3 Å². The van der Waals surface area contributed by atoms with Crippen molar-refractivity contribution in [2.24, 2.45) is 0 Å². The highest BCUT2D eigenvalue weighted by atomic mass is 31.2. The van der Waals surface area contributed by atoms with Crippen LogP contribution in [0.3, 0.4) is 0 Å². The van der Waals surface area contributed by atoms with Crippen molar-refractivity contribution >= 4 is 19.8 Å². The molecule has 1 fully saturated rings. The summed E-state index contributed by atoms with van der Waals surface area (Å²) in [5.41, 5.74) is 0. The number of carbonyl (C=O) groups is 2. The van der Waals surface area contributed by atoms with Crippen LogP contribution in [0, 0.1) is 0 Å². The van der Waals surface area contributed by atoms with Crippen molar-refractivity contribution in [3.05, 3.63) is 72.9 Å². The summed E-state index contributed by atoms with van der Waals surface area (Å²) in [7, 11) is -5.13. The molecule has 13 nitrogen and oxygen atoms in total. The van der Waals surface area contributed by atoms with E-state index in [1.165, 1.54) is 19.3 Å². The molecule has 0 aromatic heterocycles. The number of rotatable bonds is 36. The molecular weight excluding hydrogens is 803 g/mol. The highest BCUT2D eigenvalue weighted by Crippen LogP contribution is 2.47. The molecular formula is C47H79O13P. The van der Waals surface area contributed by atoms with E-state index in [-0.39, 0.29) is 12.8 Å². The lowest BCUT2D eigenvalue weighted by atomic mass is 9.85. The van der Waals surface area contributed by atoms with Gasteiger partial charge in [0.25, 0.3) is 0 Å². The monoisotopic (exact) mass is 883 g/mol. The Labute approximate surface area is 365 Å². The molecule has 61 heavy (non-hydrogen) atoms. The number of phosphoric ester groups is 1. The average Bonchev–Trinajstić information content (AvgIpc) is 3.24. The summed E-state index contributed by atoms with van der Waals surface area (Å²) in [6.07, 6.45) is 32.3. The zero-order chi connectivity index (χ0) is 45.0. The number of phosphoric acid groups is 1. The summed E-state index contributed by atoms with van der Waals surface area (Å²) in [6.45, 7) is 3.10. The maximum Gasteiger partial charge on any atom is 0.472 e. The van der Waals surface area contributed by atoms with E-state index in [9.17, 15) is 44.6 Å². The quantitative estimate of drug-likeness (QED) is 0.0115. The molecule has 8 atom stereocenters. The van der Waals surface area contributed by atoms with Crippen molar-refractivity contribution in [2.75, 3.05) is 13.2 Å². The van der Waals surface area contributed by atoms with Crippen LogP contribution in [-0.4, -0.2) is 98.3 Å². The SMILES string of the molecule is CC/C=C/C=C/C=C/C=C/CCCCCCCC(=O)OC[C@H](COP(=O)(O)OC1C(O)C(O)C(O)[C@H](O)C1O)OC(=O)CCCCCCCCC/C=C/C/C=C/CCCCC. The highest BCUT2D eigenvalue weighted by Gasteiger charge is 2.51. The largest absolute Gasteiger partial charge is 0.472 e. The van der Waals surface area contributed by atoms with Crippen LogP contribution in [0.4, 0.5) is 0 Å². The van der Waals surface area contributed by atoms with Crippen molar-refractivity contribution in [2.45, 2.75) is 198 Å². The van der Waals surface area contributed by atoms with Crippen LogP contribution >= 0.6 is 7.82 Å². The first kappa shape index (κ1) is 56.3. The van der Waals surface area contributed by atoms with Gasteiger partial charge >= 0.3 is 19.8 Å². The van der Waals surface area contributed by atoms with Crippen molar-refractivity contribution < 1.29 is 63.1 Å². The van der Waals surface area contributed by atoms with Gasteiger partial charge in [0.2, 0.25) is 0 Å². The van der Waals surface area contributed by atoms with E-state index in [1.54, 1.807) is 0 Å². The molecule has 0 amide bonds. The van der Waals surface area contributed by atoms with Crippen LogP contribution in [0.5, 0.6) is 0 Å². The van der Waals surface area contributed by atoms with Crippen LogP contribution in [0.25, 0.3) is 0 Å². The Bertz CT molecular complexity index is 1340. The summed E-state index contributed by atoms with van der Waals surface area (Å²) < 4.78 is 33.5. The van der Waals surface area contributed by atoms with Crippen molar-refractivity contribution in [3.8, 4) is 0 Å². The van der Waals surface area contributed by atoms with Crippen molar-refractivity contribution in [1.29, 1.82) is 0 Å². The van der Waals surface area contributed by atoms with Crippen LogP contribution in [0.1, 0.15) is 155 Å². The second-order valence-electron chi connectivity index (χ2n) is 15.6. The maximum absolute atomic E-state index is 12.8. The fourth-order valence-electron chi connectivity index (χ4n) is 6.44. The van der Waals surface area contributed by atoms with E-state index in [0.717, 1.165) is 96.3 Å². The van der Waals surface area contributed by atoms with Gasteiger partial charge < -0.3 is 39.9 Å². The lowest BCUT2D eigenvalue weighted by Gasteiger charge is -2.41. The van der Waals surface area contributed by atoms with Crippen LogP contribution in [-0.2, 0) is 32.7 Å². The molecule has 14 heteroatoms. The lowest BCUT2D eigenvalue weighted by Crippen LogP contribution is -2.64. The fraction of sp³-hybridized carbons (Fsp3) is 0.702. The minimum atomic E-state index is -5.13. The molecule has 0 heterocycles. The summed E-state index contributed by atoms with van der Waals surface area (Å²) in [4.78, 5) is 35.7. The first-order valence-electron chi connectivity index (χ1n) is 22.8. The second kappa shape index (κ2) is 36.7. The Balaban J connectivity index is 2.49. The van der Waals surface area contributed by atoms with E-state index < -0.39 is 75.7 Å². The summed E-state index contributed by atoms with van der Waals surface area (Å²) in [5, 5.41) is 50.1. The van der Waals surface area contributed by atoms with Gasteiger partial charge in [0.05, 0.1) is 6.61 Å². The van der Waals surface area contributed by atoms with Crippen LogP contribution in [0.15, 0.2) is 72.9 Å². The Kier molecular flexibility index (Phi) is 33.9. The number of aliphatic hydroxyl groups is 5. The van der Waals surface area contributed by atoms with Crippen molar-refractivity contribution in [3.63, 3.8) is 0 Å². The van der Waals surface area contributed by atoms with Gasteiger partial charge in [-0.3, -0.25) is 18.6 Å². The molecule has 0 aliphatic heterocycles. The molecule has 0 radical (unpaired) electrons. The van der Waals surface area contributed by atoms with Gasteiger partial charge in [-0.15, -0.1) is 0 Å². The lowest BCUT2D eigenvalue weighted by molar-refractivity contribution is -0.220. The number of esters is 2. The predicted octanol–water partition coefficient (Wildman–Crippen LogP) is 8.72. The Morgan fingerprint density at radius 1 is 0.541 bits per heavy atom. The molecule has 0 aromatic carbocycles. The third kappa shape index (κ3) is 29.3. The van der Waals surface area contributed by atoms with Gasteiger partial charge in [0.1, 0.15) is 43.2 Å². The maximum atomic E-state index is 12.8. The summed E-state index contributed by atoms with van der Waals surface area (Å²) in [6, 6.07) is 0. The van der Waals surface area contributed by atoms with Crippen LogP contribution < -0.4 is 0 Å². The predicted molar refractivity (Wildman–Crippen MR) is 239 cm³/mol. The Morgan fingerprint density at radius 2 is 1.00 bits per heavy atom. The molecule has 1 aliphatic rings. The van der Waals surface area contributed by atoms with E-state index in [0.29, 0.717) is 12.8 Å². The molecule has 0 spiro atoms. The minimum Gasteiger partial charge on any atom is -0.462 e.